The molecule has 0 aromatic carbocycles. The van der Waals surface area contributed by atoms with Crippen molar-refractivity contribution in [2.45, 2.75) is 32.4 Å². The molecular weight excluding hydrogens is 280 g/mol. The Morgan fingerprint density at radius 1 is 1.50 bits per heavy atom. The maximum Gasteiger partial charge on any atom is 0.270 e. The Hall–Kier alpha value is -2.41. The third-order valence-corrected chi connectivity index (χ3v) is 3.77. The number of pyridine rings is 1. The number of hydrogen-bond acceptors (Lipinski definition) is 5. The number of aromatic nitrogens is 3. The fraction of sp³-hybridized carbons (Fsp3) is 0.400. The molecule has 22 heavy (non-hydrogen) atoms. The van der Waals surface area contributed by atoms with E-state index in [1.54, 1.807) is 12.4 Å². The van der Waals surface area contributed by atoms with Gasteiger partial charge in [0, 0.05) is 12.7 Å². The van der Waals surface area contributed by atoms with Gasteiger partial charge in [0.05, 0.1) is 24.0 Å². The van der Waals surface area contributed by atoms with Gasteiger partial charge in [-0.3, -0.25) is 15.2 Å². The summed E-state index contributed by atoms with van der Waals surface area (Å²) in [5.41, 5.74) is 6.98. The third-order valence-electron chi connectivity index (χ3n) is 3.77. The van der Waals surface area contributed by atoms with Gasteiger partial charge in [-0.2, -0.15) is 5.10 Å². The van der Waals surface area contributed by atoms with Gasteiger partial charge >= 0.3 is 0 Å². The SMILES string of the molecule is CCNNC(=O)c1cnn2c1NC(c1ccccn1)CC2C. The van der Waals surface area contributed by atoms with Crippen LogP contribution in [0.3, 0.4) is 0 Å². The first kappa shape index (κ1) is 14.5. The van der Waals surface area contributed by atoms with Crippen molar-refractivity contribution >= 4 is 11.7 Å². The highest BCUT2D eigenvalue weighted by molar-refractivity contribution is 5.98. The predicted octanol–water partition coefficient (Wildman–Crippen LogP) is 1.65. The number of hydrogen-bond donors (Lipinski definition) is 3. The average Bonchev–Trinajstić information content (AvgIpc) is 2.98. The van der Waals surface area contributed by atoms with Crippen LogP contribution in [0.4, 0.5) is 5.82 Å². The summed E-state index contributed by atoms with van der Waals surface area (Å²) in [6.07, 6.45) is 4.26. The number of fused-ring (bicyclic) bond motifs is 1. The summed E-state index contributed by atoms with van der Waals surface area (Å²) >= 11 is 0. The van der Waals surface area contributed by atoms with Crippen molar-refractivity contribution < 1.29 is 4.79 Å². The van der Waals surface area contributed by atoms with E-state index in [1.807, 2.05) is 29.8 Å². The molecule has 7 nitrogen and oxygen atoms in total. The number of nitrogens with one attached hydrogen (secondary N) is 3. The average molecular weight is 300 g/mol. The minimum absolute atomic E-state index is 0.0751. The molecule has 2 unspecified atom stereocenters. The predicted molar refractivity (Wildman–Crippen MR) is 83.3 cm³/mol. The first-order valence-electron chi connectivity index (χ1n) is 7.49. The maximum absolute atomic E-state index is 12.2. The molecule has 2 atom stereocenters. The number of nitrogens with zero attached hydrogens (tertiary/aromatic N) is 3. The van der Waals surface area contributed by atoms with Crippen molar-refractivity contribution in [3.8, 4) is 0 Å². The van der Waals surface area contributed by atoms with Crippen LogP contribution >= 0.6 is 0 Å². The van der Waals surface area contributed by atoms with Gasteiger partial charge in [0.25, 0.3) is 5.91 Å². The molecule has 2 aromatic heterocycles. The molecule has 3 N–H and O–H groups in total. The number of rotatable bonds is 4. The number of carbonyl (C=O) groups excluding carboxylic acids is 1. The first-order chi connectivity index (χ1) is 10.7. The summed E-state index contributed by atoms with van der Waals surface area (Å²) in [5.74, 6) is 0.550. The maximum atomic E-state index is 12.2. The fourth-order valence-electron chi connectivity index (χ4n) is 2.68. The normalized spacial score (nSPS) is 20.1. The molecule has 0 radical (unpaired) electrons. The standard InChI is InChI=1S/C15H20N6O/c1-3-17-20-15(22)11-9-18-21-10(2)8-13(19-14(11)21)12-6-4-5-7-16-12/h4-7,9-10,13,17,19H,3,8H2,1-2H3,(H,20,22). The van der Waals surface area contributed by atoms with Crippen molar-refractivity contribution in [1.29, 1.82) is 0 Å². The van der Waals surface area contributed by atoms with Crippen molar-refractivity contribution in [3.05, 3.63) is 41.9 Å². The Morgan fingerprint density at radius 2 is 2.36 bits per heavy atom. The van der Waals surface area contributed by atoms with Crippen LogP contribution in [-0.4, -0.2) is 27.2 Å². The lowest BCUT2D eigenvalue weighted by molar-refractivity contribution is 0.0935. The van der Waals surface area contributed by atoms with E-state index in [9.17, 15) is 4.79 Å². The third kappa shape index (κ3) is 2.67. The van der Waals surface area contributed by atoms with Gasteiger partial charge in [0.1, 0.15) is 11.4 Å². The minimum atomic E-state index is -0.190. The van der Waals surface area contributed by atoms with Crippen LogP contribution in [0.5, 0.6) is 0 Å². The van der Waals surface area contributed by atoms with E-state index in [4.69, 9.17) is 0 Å². The topological polar surface area (TPSA) is 83.9 Å². The van der Waals surface area contributed by atoms with Crippen molar-refractivity contribution in [2.24, 2.45) is 0 Å². The number of hydrazine groups is 1. The van der Waals surface area contributed by atoms with E-state index >= 15 is 0 Å². The molecule has 0 saturated carbocycles. The highest BCUT2D eigenvalue weighted by Gasteiger charge is 2.29. The molecule has 1 aliphatic heterocycles. The molecule has 2 aromatic rings. The smallest absolute Gasteiger partial charge is 0.270 e. The van der Waals surface area contributed by atoms with E-state index < -0.39 is 0 Å². The van der Waals surface area contributed by atoms with Gasteiger partial charge in [-0.05, 0) is 25.5 Å². The number of anilines is 1. The number of amides is 1. The van der Waals surface area contributed by atoms with E-state index in [0.717, 1.165) is 17.9 Å². The molecule has 0 saturated heterocycles. The molecule has 0 spiro atoms. The summed E-state index contributed by atoms with van der Waals surface area (Å²) < 4.78 is 1.86. The molecule has 1 amide bonds. The fourth-order valence-corrected chi connectivity index (χ4v) is 2.68. The molecule has 3 heterocycles. The summed E-state index contributed by atoms with van der Waals surface area (Å²) in [4.78, 5) is 16.6. The van der Waals surface area contributed by atoms with E-state index in [-0.39, 0.29) is 18.0 Å². The molecule has 3 rings (SSSR count). The zero-order valence-corrected chi connectivity index (χ0v) is 12.7. The lowest BCUT2D eigenvalue weighted by Gasteiger charge is -2.30. The van der Waals surface area contributed by atoms with Crippen LogP contribution in [0.25, 0.3) is 0 Å². The summed E-state index contributed by atoms with van der Waals surface area (Å²) in [6.45, 7) is 4.68. The zero-order valence-electron chi connectivity index (χ0n) is 12.7. The molecular formula is C15H20N6O. The van der Waals surface area contributed by atoms with Crippen LogP contribution in [0.15, 0.2) is 30.6 Å². The molecule has 0 aliphatic carbocycles. The first-order valence-corrected chi connectivity index (χ1v) is 7.49. The highest BCUT2D eigenvalue weighted by atomic mass is 16.2. The summed E-state index contributed by atoms with van der Waals surface area (Å²) in [7, 11) is 0. The van der Waals surface area contributed by atoms with Crippen LogP contribution in [-0.2, 0) is 0 Å². The molecule has 0 bridgehead atoms. The number of carbonyl (C=O) groups is 1. The van der Waals surface area contributed by atoms with Crippen molar-refractivity contribution in [2.75, 3.05) is 11.9 Å². The second-order valence-corrected chi connectivity index (χ2v) is 5.37. The van der Waals surface area contributed by atoms with Crippen LogP contribution in [0.2, 0.25) is 0 Å². The molecule has 0 fully saturated rings. The van der Waals surface area contributed by atoms with Crippen LogP contribution in [0, 0.1) is 0 Å². The van der Waals surface area contributed by atoms with E-state index in [0.29, 0.717) is 12.1 Å². The summed E-state index contributed by atoms with van der Waals surface area (Å²) in [6, 6.07) is 6.14. The molecule has 1 aliphatic rings. The zero-order chi connectivity index (χ0) is 15.5. The molecule has 7 heteroatoms. The second kappa shape index (κ2) is 6.15. The lowest BCUT2D eigenvalue weighted by Crippen LogP contribution is -2.37. The van der Waals surface area contributed by atoms with Crippen LogP contribution in [0.1, 0.15) is 48.4 Å². The largest absolute Gasteiger partial charge is 0.361 e. The van der Waals surface area contributed by atoms with Crippen LogP contribution < -0.4 is 16.2 Å². The van der Waals surface area contributed by atoms with Gasteiger partial charge in [0.2, 0.25) is 0 Å². The van der Waals surface area contributed by atoms with E-state index in [1.165, 1.54) is 0 Å². The van der Waals surface area contributed by atoms with Gasteiger partial charge in [-0.15, -0.1) is 0 Å². The van der Waals surface area contributed by atoms with Gasteiger partial charge in [-0.25, -0.2) is 10.1 Å². The van der Waals surface area contributed by atoms with Crippen molar-refractivity contribution in [3.63, 3.8) is 0 Å². The van der Waals surface area contributed by atoms with E-state index in [2.05, 4.69) is 33.2 Å². The Morgan fingerprint density at radius 3 is 3.09 bits per heavy atom. The molecule has 116 valence electrons. The second-order valence-electron chi connectivity index (χ2n) is 5.37. The Balaban J connectivity index is 1.87. The highest BCUT2D eigenvalue weighted by Crippen LogP contribution is 2.35. The Labute approximate surface area is 129 Å². The van der Waals surface area contributed by atoms with Crippen molar-refractivity contribution in [1.82, 2.24) is 25.6 Å². The van der Waals surface area contributed by atoms with Gasteiger partial charge < -0.3 is 5.32 Å². The van der Waals surface area contributed by atoms with Gasteiger partial charge in [-0.1, -0.05) is 13.0 Å². The quantitative estimate of drug-likeness (QED) is 0.748. The lowest BCUT2D eigenvalue weighted by atomic mass is 10.0. The van der Waals surface area contributed by atoms with Gasteiger partial charge in [0.15, 0.2) is 0 Å². The monoisotopic (exact) mass is 300 g/mol. The summed E-state index contributed by atoms with van der Waals surface area (Å²) in [5, 5.41) is 7.74. The Bertz CT molecular complexity index is 653. The minimum Gasteiger partial charge on any atom is -0.361 e. The Kier molecular flexibility index (Phi) is 4.06.